The molecule has 0 bridgehead atoms. The molecule has 0 aliphatic carbocycles. The largest absolute Gasteiger partial charge is 0.463 e. The van der Waals surface area contributed by atoms with Gasteiger partial charge in [-0.2, -0.15) is 5.26 Å². The molecule has 0 spiro atoms. The van der Waals surface area contributed by atoms with Crippen LogP contribution in [0.4, 0.5) is 5.82 Å². The number of anilines is 1. The van der Waals surface area contributed by atoms with Gasteiger partial charge in [0.05, 0.1) is 23.1 Å². The van der Waals surface area contributed by atoms with Gasteiger partial charge in [0.25, 0.3) is 0 Å². The van der Waals surface area contributed by atoms with Crippen LogP contribution in [0.3, 0.4) is 0 Å². The zero-order valence-electron chi connectivity index (χ0n) is 15.4. The summed E-state index contributed by atoms with van der Waals surface area (Å²) < 4.78 is 7.51. The summed E-state index contributed by atoms with van der Waals surface area (Å²) in [4.78, 5) is 4.63. The fourth-order valence-corrected chi connectivity index (χ4v) is 3.30. The fraction of sp³-hybridized carbons (Fsp3) is 0.238. The van der Waals surface area contributed by atoms with Crippen LogP contribution in [0.2, 0.25) is 0 Å². The van der Waals surface area contributed by atoms with Gasteiger partial charge < -0.3 is 14.8 Å². The van der Waals surface area contributed by atoms with Crippen LogP contribution in [0.15, 0.2) is 46.9 Å². The van der Waals surface area contributed by atoms with Gasteiger partial charge in [0.2, 0.25) is 0 Å². The molecule has 6 heteroatoms. The van der Waals surface area contributed by atoms with Crippen LogP contribution in [-0.4, -0.2) is 21.0 Å². The number of nitriles is 1. The molecule has 0 aliphatic rings. The smallest absolute Gasteiger partial charge is 0.157 e. The van der Waals surface area contributed by atoms with Crippen molar-refractivity contribution < 1.29 is 9.52 Å². The molecular formula is C21H20N4O2. The molecule has 27 heavy (non-hydrogen) atoms. The molecule has 1 aromatic carbocycles. The standard InChI is InChI=1S/C21H20N4O2/c1-13-10-19(23-12-21(3,26)18-9-8-14(2)27-18)25-17-7-5-4-6-16(17)24-20(25)15(13)11-22/h4-10,23,26H,12H2,1-3H3. The number of imidazole rings is 1. The van der Waals surface area contributed by atoms with E-state index in [-0.39, 0.29) is 6.54 Å². The summed E-state index contributed by atoms with van der Waals surface area (Å²) in [6.07, 6.45) is 0. The van der Waals surface area contributed by atoms with Crippen LogP contribution >= 0.6 is 0 Å². The number of hydrogen-bond donors (Lipinski definition) is 2. The molecule has 4 aromatic rings. The maximum atomic E-state index is 10.8. The highest BCUT2D eigenvalue weighted by Crippen LogP contribution is 2.28. The number of furan rings is 1. The van der Waals surface area contributed by atoms with Crippen LogP contribution in [0.1, 0.15) is 29.6 Å². The molecule has 0 amide bonds. The Morgan fingerprint density at radius 2 is 2.04 bits per heavy atom. The third kappa shape index (κ3) is 2.82. The number of para-hydroxylation sites is 2. The minimum absolute atomic E-state index is 0.243. The van der Waals surface area contributed by atoms with Gasteiger partial charge in [-0.05, 0) is 56.7 Å². The van der Waals surface area contributed by atoms with Crippen molar-refractivity contribution in [2.24, 2.45) is 0 Å². The number of aromatic nitrogens is 2. The van der Waals surface area contributed by atoms with Crippen molar-refractivity contribution in [2.75, 3.05) is 11.9 Å². The minimum atomic E-state index is -1.18. The van der Waals surface area contributed by atoms with Crippen molar-refractivity contribution in [3.8, 4) is 6.07 Å². The van der Waals surface area contributed by atoms with Crippen molar-refractivity contribution in [2.45, 2.75) is 26.4 Å². The predicted molar refractivity (Wildman–Crippen MR) is 104 cm³/mol. The first-order chi connectivity index (χ1) is 12.9. The first-order valence-corrected chi connectivity index (χ1v) is 8.75. The first kappa shape index (κ1) is 17.1. The third-order valence-electron chi connectivity index (χ3n) is 4.77. The molecule has 136 valence electrons. The lowest BCUT2D eigenvalue weighted by atomic mass is 10.0. The molecule has 1 atom stereocenters. The maximum absolute atomic E-state index is 10.8. The summed E-state index contributed by atoms with van der Waals surface area (Å²) in [6.45, 7) is 5.68. The molecule has 1 unspecified atom stereocenters. The Hall–Kier alpha value is -3.30. The SMILES string of the molecule is Cc1ccc(C(C)(O)CNc2cc(C)c(C#N)c3nc4ccccc4n23)o1. The number of benzene rings is 1. The van der Waals surface area contributed by atoms with Gasteiger partial charge in [0.1, 0.15) is 29.0 Å². The van der Waals surface area contributed by atoms with Crippen molar-refractivity contribution >= 4 is 22.5 Å². The summed E-state index contributed by atoms with van der Waals surface area (Å²) in [5.41, 5.74) is 2.52. The highest BCUT2D eigenvalue weighted by Gasteiger charge is 2.27. The van der Waals surface area contributed by atoms with E-state index < -0.39 is 5.60 Å². The third-order valence-corrected chi connectivity index (χ3v) is 4.77. The summed E-state index contributed by atoms with van der Waals surface area (Å²) in [6, 6.07) is 15.5. The molecule has 2 N–H and O–H groups in total. The Morgan fingerprint density at radius 1 is 1.26 bits per heavy atom. The zero-order chi connectivity index (χ0) is 19.2. The molecule has 4 rings (SSSR count). The molecule has 0 fully saturated rings. The second kappa shape index (κ2) is 6.15. The zero-order valence-corrected chi connectivity index (χ0v) is 15.4. The van der Waals surface area contributed by atoms with Crippen LogP contribution in [0.25, 0.3) is 16.7 Å². The van der Waals surface area contributed by atoms with Gasteiger partial charge in [-0.3, -0.25) is 4.40 Å². The van der Waals surface area contributed by atoms with Crippen LogP contribution in [0, 0.1) is 25.2 Å². The number of fused-ring (bicyclic) bond motifs is 3. The lowest BCUT2D eigenvalue weighted by Gasteiger charge is -2.23. The van der Waals surface area contributed by atoms with E-state index in [1.807, 2.05) is 54.6 Å². The van der Waals surface area contributed by atoms with E-state index in [0.29, 0.717) is 17.0 Å². The monoisotopic (exact) mass is 360 g/mol. The Kier molecular flexibility index (Phi) is 3.90. The van der Waals surface area contributed by atoms with E-state index in [2.05, 4.69) is 16.4 Å². The Labute approximate surface area is 156 Å². The molecule has 3 heterocycles. The predicted octanol–water partition coefficient (Wildman–Crippen LogP) is 3.89. The van der Waals surface area contributed by atoms with Gasteiger partial charge in [-0.25, -0.2) is 4.98 Å². The molecule has 3 aromatic heterocycles. The highest BCUT2D eigenvalue weighted by atomic mass is 16.4. The number of rotatable bonds is 4. The molecule has 0 radical (unpaired) electrons. The second-order valence-electron chi connectivity index (χ2n) is 7.00. The molecule has 0 saturated carbocycles. The van der Waals surface area contributed by atoms with Crippen molar-refractivity contribution in [3.63, 3.8) is 0 Å². The van der Waals surface area contributed by atoms with Crippen molar-refractivity contribution in [1.82, 2.24) is 9.38 Å². The molecular weight excluding hydrogens is 340 g/mol. The van der Waals surface area contributed by atoms with Gasteiger partial charge in [0.15, 0.2) is 5.65 Å². The summed E-state index contributed by atoms with van der Waals surface area (Å²) >= 11 is 0. The topological polar surface area (TPSA) is 86.5 Å². The van der Waals surface area contributed by atoms with Crippen molar-refractivity contribution in [3.05, 3.63) is 65.1 Å². The maximum Gasteiger partial charge on any atom is 0.157 e. The summed E-state index contributed by atoms with van der Waals surface area (Å²) in [7, 11) is 0. The second-order valence-corrected chi connectivity index (χ2v) is 7.00. The lowest BCUT2D eigenvalue weighted by Crippen LogP contribution is -2.30. The first-order valence-electron chi connectivity index (χ1n) is 8.75. The van der Waals surface area contributed by atoms with E-state index in [1.165, 1.54) is 0 Å². The Balaban J connectivity index is 1.81. The number of nitrogens with one attached hydrogen (secondary N) is 1. The van der Waals surface area contributed by atoms with E-state index in [0.717, 1.165) is 28.2 Å². The minimum Gasteiger partial charge on any atom is -0.463 e. The van der Waals surface area contributed by atoms with E-state index in [1.54, 1.807) is 13.0 Å². The van der Waals surface area contributed by atoms with Gasteiger partial charge in [0, 0.05) is 0 Å². The van der Waals surface area contributed by atoms with Crippen molar-refractivity contribution in [1.29, 1.82) is 5.26 Å². The van der Waals surface area contributed by atoms with Crippen LogP contribution < -0.4 is 5.32 Å². The average Bonchev–Trinajstić information content (AvgIpc) is 3.24. The number of aryl methyl sites for hydroxylation is 2. The van der Waals surface area contributed by atoms with Crippen LogP contribution in [-0.2, 0) is 5.60 Å². The highest BCUT2D eigenvalue weighted by molar-refractivity contribution is 5.85. The quantitative estimate of drug-likeness (QED) is 0.577. The van der Waals surface area contributed by atoms with Gasteiger partial charge in [-0.1, -0.05) is 12.1 Å². The lowest BCUT2D eigenvalue weighted by molar-refractivity contribution is 0.0467. The molecule has 6 nitrogen and oxygen atoms in total. The van der Waals surface area contributed by atoms with E-state index >= 15 is 0 Å². The van der Waals surface area contributed by atoms with E-state index in [4.69, 9.17) is 4.42 Å². The number of nitrogens with zero attached hydrogens (tertiary/aromatic N) is 3. The Bertz CT molecular complexity index is 1190. The van der Waals surface area contributed by atoms with Crippen LogP contribution in [0.5, 0.6) is 0 Å². The molecule has 0 aliphatic heterocycles. The summed E-state index contributed by atoms with van der Waals surface area (Å²) in [5.74, 6) is 2.02. The number of pyridine rings is 1. The number of aliphatic hydroxyl groups is 1. The van der Waals surface area contributed by atoms with Gasteiger partial charge in [-0.15, -0.1) is 0 Å². The van der Waals surface area contributed by atoms with Gasteiger partial charge >= 0.3 is 0 Å². The average molecular weight is 360 g/mol. The van der Waals surface area contributed by atoms with E-state index in [9.17, 15) is 10.4 Å². The summed E-state index contributed by atoms with van der Waals surface area (Å²) in [5, 5.41) is 23.7. The normalized spacial score (nSPS) is 13.6. The fourth-order valence-electron chi connectivity index (χ4n) is 3.30. The Morgan fingerprint density at radius 3 is 2.74 bits per heavy atom. The number of hydrogen-bond acceptors (Lipinski definition) is 5. The molecule has 0 saturated heterocycles.